The second kappa shape index (κ2) is 8.97. The molecule has 0 amide bonds. The predicted octanol–water partition coefficient (Wildman–Crippen LogP) is 4.15. The van der Waals surface area contributed by atoms with Crippen molar-refractivity contribution in [3.63, 3.8) is 0 Å². The van der Waals surface area contributed by atoms with Gasteiger partial charge in [0, 0.05) is 11.9 Å². The number of rotatable bonds is 5. The van der Waals surface area contributed by atoms with Crippen molar-refractivity contribution in [2.75, 3.05) is 19.1 Å². The highest BCUT2D eigenvalue weighted by Crippen LogP contribution is 2.35. The summed E-state index contributed by atoms with van der Waals surface area (Å²) < 4.78 is 15.7. The first-order chi connectivity index (χ1) is 13.5. The van der Waals surface area contributed by atoms with Gasteiger partial charge in [0.05, 0.1) is 30.9 Å². The van der Waals surface area contributed by atoms with Gasteiger partial charge in [-0.3, -0.25) is 0 Å². The standard InChI is InChI=1S/C21H22ClNO5/c1-26-20(24)16-9-5-6-12-23(19(16)21(25)27-2)14-10-11-18(17(22)13-14)28-15-7-3-4-8-15/h5-6,9-13,15H,3-4,7-8H2,1-2H3. The highest BCUT2D eigenvalue weighted by molar-refractivity contribution is 6.32. The van der Waals surface area contributed by atoms with E-state index in [0.717, 1.165) is 25.7 Å². The van der Waals surface area contributed by atoms with Crippen molar-refractivity contribution in [3.8, 4) is 5.75 Å². The van der Waals surface area contributed by atoms with Crippen LogP contribution in [0, 0.1) is 0 Å². The Morgan fingerprint density at radius 2 is 1.79 bits per heavy atom. The molecule has 0 bridgehead atoms. The number of anilines is 1. The van der Waals surface area contributed by atoms with Crippen molar-refractivity contribution in [3.05, 3.63) is 58.9 Å². The van der Waals surface area contributed by atoms with Crippen LogP contribution in [0.15, 0.2) is 53.9 Å². The van der Waals surface area contributed by atoms with E-state index in [-0.39, 0.29) is 17.4 Å². The molecule has 1 fully saturated rings. The van der Waals surface area contributed by atoms with Crippen LogP contribution in [0.5, 0.6) is 5.75 Å². The molecule has 0 radical (unpaired) electrons. The Labute approximate surface area is 169 Å². The van der Waals surface area contributed by atoms with Gasteiger partial charge in [0.15, 0.2) is 0 Å². The summed E-state index contributed by atoms with van der Waals surface area (Å²) in [5.41, 5.74) is 0.715. The molecule has 2 aliphatic rings. The lowest BCUT2D eigenvalue weighted by atomic mass is 10.1. The first-order valence-corrected chi connectivity index (χ1v) is 9.44. The summed E-state index contributed by atoms with van der Waals surface area (Å²) in [6.07, 6.45) is 11.1. The number of esters is 2. The molecule has 0 atom stereocenters. The van der Waals surface area contributed by atoms with Gasteiger partial charge in [-0.05, 0) is 56.0 Å². The van der Waals surface area contributed by atoms with Gasteiger partial charge >= 0.3 is 11.9 Å². The van der Waals surface area contributed by atoms with E-state index < -0.39 is 11.9 Å². The van der Waals surface area contributed by atoms with E-state index in [0.29, 0.717) is 16.5 Å². The molecule has 7 heteroatoms. The van der Waals surface area contributed by atoms with E-state index in [1.54, 1.807) is 41.5 Å². The lowest BCUT2D eigenvalue weighted by Crippen LogP contribution is -2.27. The van der Waals surface area contributed by atoms with Crippen molar-refractivity contribution in [2.24, 2.45) is 0 Å². The minimum absolute atomic E-state index is 0.0416. The molecule has 1 saturated carbocycles. The third kappa shape index (κ3) is 4.22. The first-order valence-electron chi connectivity index (χ1n) is 9.06. The van der Waals surface area contributed by atoms with Crippen LogP contribution >= 0.6 is 11.6 Å². The number of hydrogen-bond donors (Lipinski definition) is 0. The van der Waals surface area contributed by atoms with Crippen LogP contribution in [0.25, 0.3) is 0 Å². The number of carbonyl (C=O) groups is 2. The molecule has 0 saturated heterocycles. The molecule has 1 aromatic carbocycles. The molecule has 0 N–H and O–H groups in total. The predicted molar refractivity (Wildman–Crippen MR) is 106 cm³/mol. The second-order valence-corrected chi connectivity index (χ2v) is 6.86. The third-order valence-corrected chi connectivity index (χ3v) is 4.97. The molecular weight excluding hydrogens is 382 g/mol. The largest absolute Gasteiger partial charge is 0.489 e. The normalized spacial score (nSPS) is 16.9. The van der Waals surface area contributed by atoms with Crippen molar-refractivity contribution >= 4 is 29.2 Å². The average molecular weight is 404 g/mol. The summed E-state index contributed by atoms with van der Waals surface area (Å²) in [4.78, 5) is 26.2. The maximum atomic E-state index is 12.5. The number of carbonyl (C=O) groups excluding carboxylic acids is 2. The van der Waals surface area contributed by atoms with Crippen molar-refractivity contribution < 1.29 is 23.8 Å². The van der Waals surface area contributed by atoms with E-state index in [4.69, 9.17) is 25.8 Å². The summed E-state index contributed by atoms with van der Waals surface area (Å²) in [5, 5.41) is 0.429. The highest BCUT2D eigenvalue weighted by Gasteiger charge is 2.28. The first kappa shape index (κ1) is 20.0. The fourth-order valence-corrected chi connectivity index (χ4v) is 3.51. The SMILES string of the molecule is COC(=O)C1=C(C(=O)OC)N(c2ccc(OC3CCCC3)c(Cl)c2)C=CC=C1. The quantitative estimate of drug-likeness (QED) is 0.688. The second-order valence-electron chi connectivity index (χ2n) is 6.46. The lowest BCUT2D eigenvalue weighted by Gasteiger charge is -2.24. The van der Waals surface area contributed by atoms with Crippen LogP contribution in [-0.4, -0.2) is 32.3 Å². The zero-order valence-electron chi connectivity index (χ0n) is 15.8. The summed E-state index contributed by atoms with van der Waals surface area (Å²) in [6.45, 7) is 0. The molecule has 1 aliphatic heterocycles. The van der Waals surface area contributed by atoms with Crippen LogP contribution in [-0.2, 0) is 19.1 Å². The average Bonchev–Trinajstić information content (AvgIpc) is 3.11. The van der Waals surface area contributed by atoms with Gasteiger partial charge in [-0.1, -0.05) is 17.7 Å². The number of allylic oxidation sites excluding steroid dienone is 2. The number of nitrogens with zero attached hydrogens (tertiary/aromatic N) is 1. The van der Waals surface area contributed by atoms with Gasteiger partial charge in [-0.2, -0.15) is 0 Å². The topological polar surface area (TPSA) is 65.1 Å². The minimum atomic E-state index is -0.668. The van der Waals surface area contributed by atoms with Gasteiger partial charge in [-0.15, -0.1) is 0 Å². The molecular formula is C21H22ClNO5. The smallest absolute Gasteiger partial charge is 0.355 e. The summed E-state index contributed by atoms with van der Waals surface area (Å²) >= 11 is 6.44. The number of ether oxygens (including phenoxy) is 3. The molecule has 0 aromatic heterocycles. The van der Waals surface area contributed by atoms with E-state index in [1.807, 2.05) is 0 Å². The maximum Gasteiger partial charge on any atom is 0.355 e. The number of benzene rings is 1. The molecule has 3 rings (SSSR count). The Balaban J connectivity index is 1.98. The van der Waals surface area contributed by atoms with Crippen LogP contribution in [0.4, 0.5) is 5.69 Å². The van der Waals surface area contributed by atoms with Crippen molar-refractivity contribution in [1.82, 2.24) is 0 Å². The molecule has 1 aliphatic carbocycles. The molecule has 1 aromatic rings. The minimum Gasteiger partial charge on any atom is -0.489 e. The van der Waals surface area contributed by atoms with Crippen LogP contribution in [0.1, 0.15) is 25.7 Å². The van der Waals surface area contributed by atoms with E-state index in [1.165, 1.54) is 20.3 Å². The lowest BCUT2D eigenvalue weighted by molar-refractivity contribution is -0.139. The number of methoxy groups -OCH3 is 2. The van der Waals surface area contributed by atoms with Crippen molar-refractivity contribution in [1.29, 1.82) is 0 Å². The fourth-order valence-electron chi connectivity index (χ4n) is 3.29. The Bertz CT molecular complexity index is 852. The summed E-state index contributed by atoms with van der Waals surface area (Å²) in [5.74, 6) is -0.706. The Hall–Kier alpha value is -2.73. The van der Waals surface area contributed by atoms with Gasteiger partial charge in [0.1, 0.15) is 11.4 Å². The van der Waals surface area contributed by atoms with Crippen LogP contribution in [0.3, 0.4) is 0 Å². The zero-order chi connectivity index (χ0) is 20.1. The van der Waals surface area contributed by atoms with Gasteiger partial charge in [-0.25, -0.2) is 9.59 Å². The molecule has 1 heterocycles. The monoisotopic (exact) mass is 403 g/mol. The molecule has 148 valence electrons. The Kier molecular flexibility index (Phi) is 6.41. The van der Waals surface area contributed by atoms with E-state index in [2.05, 4.69) is 0 Å². The fraction of sp³-hybridized carbons (Fsp3) is 0.333. The van der Waals surface area contributed by atoms with E-state index in [9.17, 15) is 9.59 Å². The van der Waals surface area contributed by atoms with E-state index >= 15 is 0 Å². The molecule has 28 heavy (non-hydrogen) atoms. The van der Waals surface area contributed by atoms with Crippen molar-refractivity contribution in [2.45, 2.75) is 31.8 Å². The van der Waals surface area contributed by atoms with Crippen LogP contribution in [0.2, 0.25) is 5.02 Å². The highest BCUT2D eigenvalue weighted by atomic mass is 35.5. The van der Waals surface area contributed by atoms with Gasteiger partial charge < -0.3 is 19.1 Å². The Morgan fingerprint density at radius 1 is 1.07 bits per heavy atom. The summed E-state index contributed by atoms with van der Waals surface area (Å²) in [7, 11) is 2.51. The van der Waals surface area contributed by atoms with Gasteiger partial charge in [0.25, 0.3) is 0 Å². The molecule has 0 unspecified atom stereocenters. The van der Waals surface area contributed by atoms with Gasteiger partial charge in [0.2, 0.25) is 0 Å². The third-order valence-electron chi connectivity index (χ3n) is 4.68. The zero-order valence-corrected chi connectivity index (χ0v) is 16.6. The summed E-state index contributed by atoms with van der Waals surface area (Å²) in [6, 6.07) is 5.25. The Morgan fingerprint density at radius 3 is 2.43 bits per heavy atom. The number of hydrogen-bond acceptors (Lipinski definition) is 6. The molecule has 6 nitrogen and oxygen atoms in total. The van der Waals surface area contributed by atoms with Crippen LogP contribution < -0.4 is 9.64 Å². The number of halogens is 1. The molecule has 0 spiro atoms. The maximum absolute atomic E-state index is 12.5.